The van der Waals surface area contributed by atoms with Gasteiger partial charge in [-0.1, -0.05) is 18.2 Å². The SMILES string of the molecule is CC1CNCC2=C(O1)C(c1ccccc1F)CS2. The van der Waals surface area contributed by atoms with Crippen LogP contribution in [0.5, 0.6) is 0 Å². The number of benzene rings is 1. The molecule has 0 aromatic heterocycles. The van der Waals surface area contributed by atoms with Crippen LogP contribution in [0.15, 0.2) is 34.9 Å². The van der Waals surface area contributed by atoms with Crippen LogP contribution in [-0.2, 0) is 4.74 Å². The topological polar surface area (TPSA) is 21.3 Å². The molecule has 2 aliphatic rings. The van der Waals surface area contributed by atoms with Crippen molar-refractivity contribution in [1.29, 1.82) is 0 Å². The highest BCUT2D eigenvalue weighted by Crippen LogP contribution is 2.43. The fourth-order valence-corrected chi connectivity index (χ4v) is 3.68. The first kappa shape index (κ1) is 12.1. The summed E-state index contributed by atoms with van der Waals surface area (Å²) in [6.45, 7) is 3.73. The van der Waals surface area contributed by atoms with Gasteiger partial charge in [-0.05, 0) is 18.6 Å². The Kier molecular flexibility index (Phi) is 3.31. The highest BCUT2D eigenvalue weighted by molar-refractivity contribution is 8.03. The van der Waals surface area contributed by atoms with Gasteiger partial charge in [-0.2, -0.15) is 0 Å². The molecule has 3 rings (SSSR count). The molecule has 1 aromatic carbocycles. The van der Waals surface area contributed by atoms with Crippen molar-refractivity contribution in [2.24, 2.45) is 0 Å². The summed E-state index contributed by atoms with van der Waals surface area (Å²) in [5.74, 6) is 1.78. The van der Waals surface area contributed by atoms with Crippen LogP contribution in [0, 0.1) is 5.82 Å². The molecule has 0 radical (unpaired) electrons. The summed E-state index contributed by atoms with van der Waals surface area (Å²) in [4.78, 5) is 1.23. The molecule has 0 fully saturated rings. The fourth-order valence-electron chi connectivity index (χ4n) is 2.45. The highest BCUT2D eigenvalue weighted by atomic mass is 32.2. The van der Waals surface area contributed by atoms with Crippen LogP contribution in [0.25, 0.3) is 0 Å². The molecule has 0 bridgehead atoms. The predicted octanol–water partition coefficient (Wildman–Crippen LogP) is 2.88. The number of ether oxygens (including phenoxy) is 1. The third-order valence-corrected chi connectivity index (χ3v) is 4.54. The fraction of sp³-hybridized carbons (Fsp3) is 0.429. The van der Waals surface area contributed by atoms with Crippen LogP contribution in [0.2, 0.25) is 0 Å². The molecule has 2 heterocycles. The second kappa shape index (κ2) is 4.94. The van der Waals surface area contributed by atoms with Crippen molar-refractivity contribution in [1.82, 2.24) is 5.32 Å². The minimum absolute atomic E-state index is 0.0635. The zero-order valence-corrected chi connectivity index (χ0v) is 11.1. The van der Waals surface area contributed by atoms with Gasteiger partial charge in [0.15, 0.2) is 0 Å². The number of halogens is 1. The molecule has 1 aromatic rings. The normalized spacial score (nSPS) is 27.7. The third kappa shape index (κ3) is 2.15. The first-order valence-electron chi connectivity index (χ1n) is 6.23. The molecule has 96 valence electrons. The smallest absolute Gasteiger partial charge is 0.127 e. The van der Waals surface area contributed by atoms with Crippen molar-refractivity contribution in [3.8, 4) is 0 Å². The van der Waals surface area contributed by atoms with Gasteiger partial charge in [-0.3, -0.25) is 0 Å². The van der Waals surface area contributed by atoms with Gasteiger partial charge in [-0.15, -0.1) is 11.8 Å². The molecule has 2 aliphatic heterocycles. The highest BCUT2D eigenvalue weighted by Gasteiger charge is 2.33. The van der Waals surface area contributed by atoms with E-state index in [1.807, 2.05) is 19.1 Å². The van der Waals surface area contributed by atoms with Crippen LogP contribution in [0.3, 0.4) is 0 Å². The number of nitrogens with one attached hydrogen (secondary N) is 1. The Morgan fingerprint density at radius 2 is 2.22 bits per heavy atom. The summed E-state index contributed by atoms with van der Waals surface area (Å²) in [7, 11) is 0. The average molecular weight is 265 g/mol. The lowest BCUT2D eigenvalue weighted by Crippen LogP contribution is -2.25. The van der Waals surface area contributed by atoms with Gasteiger partial charge in [0.05, 0.1) is 5.92 Å². The van der Waals surface area contributed by atoms with E-state index in [2.05, 4.69) is 5.32 Å². The van der Waals surface area contributed by atoms with Crippen LogP contribution >= 0.6 is 11.8 Å². The van der Waals surface area contributed by atoms with Gasteiger partial charge in [0.1, 0.15) is 17.7 Å². The van der Waals surface area contributed by atoms with Crippen molar-refractivity contribution in [3.05, 3.63) is 46.3 Å². The van der Waals surface area contributed by atoms with Crippen LogP contribution in [-0.4, -0.2) is 24.9 Å². The van der Waals surface area contributed by atoms with E-state index in [9.17, 15) is 4.39 Å². The summed E-state index contributed by atoms with van der Waals surface area (Å²) in [5, 5.41) is 3.36. The summed E-state index contributed by atoms with van der Waals surface area (Å²) in [5.41, 5.74) is 0.754. The van der Waals surface area contributed by atoms with E-state index >= 15 is 0 Å². The molecule has 2 unspecified atom stereocenters. The van der Waals surface area contributed by atoms with Gasteiger partial charge >= 0.3 is 0 Å². The number of allylic oxidation sites excluding steroid dienone is 1. The van der Waals surface area contributed by atoms with Gasteiger partial charge in [0, 0.05) is 23.7 Å². The van der Waals surface area contributed by atoms with Gasteiger partial charge in [-0.25, -0.2) is 4.39 Å². The second-order valence-electron chi connectivity index (χ2n) is 4.73. The first-order chi connectivity index (χ1) is 8.75. The molecule has 0 saturated carbocycles. The number of hydrogen-bond donors (Lipinski definition) is 1. The van der Waals surface area contributed by atoms with E-state index < -0.39 is 0 Å². The van der Waals surface area contributed by atoms with Gasteiger partial charge < -0.3 is 10.1 Å². The molecule has 0 spiro atoms. The van der Waals surface area contributed by atoms with Gasteiger partial charge in [0.2, 0.25) is 0 Å². The van der Waals surface area contributed by atoms with Crippen molar-refractivity contribution >= 4 is 11.8 Å². The molecule has 0 saturated heterocycles. The summed E-state index contributed by atoms with van der Waals surface area (Å²) in [6, 6.07) is 7.01. The molecule has 4 heteroatoms. The van der Waals surface area contributed by atoms with E-state index in [-0.39, 0.29) is 17.8 Å². The third-order valence-electron chi connectivity index (χ3n) is 3.34. The summed E-state index contributed by atoms with van der Waals surface area (Å²) >= 11 is 1.78. The molecule has 2 atom stereocenters. The van der Waals surface area contributed by atoms with Crippen molar-refractivity contribution in [2.45, 2.75) is 18.9 Å². The molecule has 0 amide bonds. The van der Waals surface area contributed by atoms with E-state index in [1.165, 1.54) is 11.0 Å². The molecule has 1 N–H and O–H groups in total. The van der Waals surface area contributed by atoms with E-state index in [0.717, 1.165) is 30.2 Å². The monoisotopic (exact) mass is 265 g/mol. The van der Waals surface area contributed by atoms with Gasteiger partial charge in [0.25, 0.3) is 0 Å². The molecule has 18 heavy (non-hydrogen) atoms. The molecular weight excluding hydrogens is 249 g/mol. The Morgan fingerprint density at radius 3 is 3.06 bits per heavy atom. The van der Waals surface area contributed by atoms with E-state index in [4.69, 9.17) is 4.74 Å². The maximum Gasteiger partial charge on any atom is 0.127 e. The Morgan fingerprint density at radius 1 is 1.39 bits per heavy atom. The Bertz CT molecular complexity index is 488. The Balaban J connectivity index is 1.95. The van der Waals surface area contributed by atoms with Crippen molar-refractivity contribution in [3.63, 3.8) is 0 Å². The van der Waals surface area contributed by atoms with Crippen molar-refractivity contribution in [2.75, 3.05) is 18.8 Å². The quantitative estimate of drug-likeness (QED) is 0.843. The maximum absolute atomic E-state index is 13.9. The van der Waals surface area contributed by atoms with Crippen LogP contribution in [0.4, 0.5) is 4.39 Å². The predicted molar refractivity (Wildman–Crippen MR) is 72.0 cm³/mol. The Labute approximate surface area is 111 Å². The van der Waals surface area contributed by atoms with Crippen molar-refractivity contribution < 1.29 is 9.13 Å². The largest absolute Gasteiger partial charge is 0.492 e. The van der Waals surface area contributed by atoms with Crippen LogP contribution < -0.4 is 5.32 Å². The van der Waals surface area contributed by atoms with E-state index in [0.29, 0.717) is 0 Å². The van der Waals surface area contributed by atoms with Crippen LogP contribution in [0.1, 0.15) is 18.4 Å². The number of thioether (sulfide) groups is 1. The lowest BCUT2D eigenvalue weighted by atomic mass is 9.98. The molecular formula is C14H16FNOS. The number of rotatable bonds is 1. The maximum atomic E-state index is 13.9. The first-order valence-corrected chi connectivity index (χ1v) is 7.22. The standard InChI is InChI=1S/C14H16FNOS/c1-9-6-16-7-13-14(17-9)11(8-18-13)10-4-2-3-5-12(10)15/h2-5,9,11,16H,6-8H2,1H3. The molecule has 0 aliphatic carbocycles. The van der Waals surface area contributed by atoms with E-state index in [1.54, 1.807) is 17.8 Å². The zero-order chi connectivity index (χ0) is 12.5. The minimum Gasteiger partial charge on any atom is -0.492 e. The summed E-state index contributed by atoms with van der Waals surface area (Å²) < 4.78 is 19.9. The Hall–Kier alpha value is -1.000. The summed E-state index contributed by atoms with van der Waals surface area (Å²) in [6.07, 6.45) is 0.144. The lowest BCUT2D eigenvalue weighted by Gasteiger charge is -2.19. The molecule has 2 nitrogen and oxygen atoms in total. The average Bonchev–Trinajstić information content (AvgIpc) is 2.64. The minimum atomic E-state index is -0.134. The lowest BCUT2D eigenvalue weighted by molar-refractivity contribution is 0.126. The second-order valence-corrected chi connectivity index (χ2v) is 5.85. The number of hydrogen-bond acceptors (Lipinski definition) is 3. The zero-order valence-electron chi connectivity index (χ0n) is 10.3.